The highest BCUT2D eigenvalue weighted by atomic mass is 19.1. The SMILES string of the molecule is CCCC(C)C1CC(O)c2cc(F)ccc2O1. The number of hydrogen-bond donors (Lipinski definition) is 1. The standard InChI is InChI=1S/C14H19FO2/c1-3-4-9(2)14-8-12(16)11-7-10(15)5-6-13(11)17-14/h5-7,9,12,14,16H,3-4,8H2,1-2H3. The highest BCUT2D eigenvalue weighted by molar-refractivity contribution is 5.37. The Bertz CT molecular complexity index is 392. The Labute approximate surface area is 101 Å². The number of fused-ring (bicyclic) bond motifs is 1. The number of rotatable bonds is 3. The second-order valence-electron chi connectivity index (χ2n) is 4.86. The molecule has 1 N–H and O–H groups in total. The summed E-state index contributed by atoms with van der Waals surface area (Å²) in [6.45, 7) is 4.27. The molecule has 3 heteroatoms. The van der Waals surface area contributed by atoms with E-state index in [1.807, 2.05) is 0 Å². The number of benzene rings is 1. The summed E-state index contributed by atoms with van der Waals surface area (Å²) in [5, 5.41) is 10.0. The van der Waals surface area contributed by atoms with Gasteiger partial charge in [-0.05, 0) is 30.5 Å². The molecule has 2 nitrogen and oxygen atoms in total. The molecule has 1 aliphatic rings. The first-order valence-electron chi connectivity index (χ1n) is 6.26. The molecule has 1 heterocycles. The summed E-state index contributed by atoms with van der Waals surface area (Å²) in [5.74, 6) is 0.706. The van der Waals surface area contributed by atoms with Gasteiger partial charge >= 0.3 is 0 Å². The summed E-state index contributed by atoms with van der Waals surface area (Å²) in [5.41, 5.74) is 0.574. The molecule has 0 aliphatic carbocycles. The summed E-state index contributed by atoms with van der Waals surface area (Å²) < 4.78 is 18.9. The van der Waals surface area contributed by atoms with Gasteiger partial charge in [0, 0.05) is 12.0 Å². The van der Waals surface area contributed by atoms with Crippen LogP contribution in [0.15, 0.2) is 18.2 Å². The van der Waals surface area contributed by atoms with Crippen molar-refractivity contribution in [2.45, 2.75) is 45.3 Å². The van der Waals surface area contributed by atoms with E-state index in [-0.39, 0.29) is 11.9 Å². The molecule has 0 fully saturated rings. The molecule has 0 radical (unpaired) electrons. The lowest BCUT2D eigenvalue weighted by Gasteiger charge is -2.33. The van der Waals surface area contributed by atoms with E-state index in [4.69, 9.17) is 4.74 Å². The number of ether oxygens (including phenoxy) is 1. The maximum atomic E-state index is 13.1. The van der Waals surface area contributed by atoms with Crippen LogP contribution < -0.4 is 4.74 Å². The average molecular weight is 238 g/mol. The lowest BCUT2D eigenvalue weighted by molar-refractivity contribution is 0.0358. The molecule has 0 saturated heterocycles. The van der Waals surface area contributed by atoms with Crippen LogP contribution in [-0.4, -0.2) is 11.2 Å². The smallest absolute Gasteiger partial charge is 0.125 e. The summed E-state index contributed by atoms with van der Waals surface area (Å²) in [4.78, 5) is 0. The quantitative estimate of drug-likeness (QED) is 0.874. The summed E-state index contributed by atoms with van der Waals surface area (Å²) >= 11 is 0. The molecule has 0 amide bonds. The van der Waals surface area contributed by atoms with Crippen LogP contribution in [0.3, 0.4) is 0 Å². The minimum Gasteiger partial charge on any atom is -0.490 e. The van der Waals surface area contributed by atoms with Gasteiger partial charge in [0.15, 0.2) is 0 Å². The first kappa shape index (κ1) is 12.4. The summed E-state index contributed by atoms with van der Waals surface area (Å²) in [6.07, 6.45) is 2.15. The van der Waals surface area contributed by atoms with Gasteiger partial charge in [0.2, 0.25) is 0 Å². The third kappa shape index (κ3) is 2.60. The summed E-state index contributed by atoms with van der Waals surface area (Å²) in [6, 6.07) is 4.35. The van der Waals surface area contributed by atoms with Crippen LogP contribution in [0.5, 0.6) is 5.75 Å². The molecule has 0 bridgehead atoms. The fourth-order valence-corrected chi connectivity index (χ4v) is 2.43. The van der Waals surface area contributed by atoms with E-state index < -0.39 is 6.10 Å². The third-order valence-corrected chi connectivity index (χ3v) is 3.44. The van der Waals surface area contributed by atoms with Gasteiger partial charge < -0.3 is 9.84 Å². The maximum absolute atomic E-state index is 13.1. The minimum atomic E-state index is -0.612. The zero-order valence-electron chi connectivity index (χ0n) is 10.3. The lowest BCUT2D eigenvalue weighted by atomic mass is 9.90. The van der Waals surface area contributed by atoms with Gasteiger partial charge in [-0.15, -0.1) is 0 Å². The molecule has 2 rings (SSSR count). The Hall–Kier alpha value is -1.09. The van der Waals surface area contributed by atoms with Gasteiger partial charge in [-0.1, -0.05) is 20.3 Å². The van der Waals surface area contributed by atoms with Gasteiger partial charge in [0.05, 0.1) is 6.10 Å². The second-order valence-corrected chi connectivity index (χ2v) is 4.86. The van der Waals surface area contributed by atoms with Crippen LogP contribution in [0.25, 0.3) is 0 Å². The average Bonchev–Trinajstić information content (AvgIpc) is 2.30. The lowest BCUT2D eigenvalue weighted by Crippen LogP contribution is -2.31. The van der Waals surface area contributed by atoms with Crippen molar-refractivity contribution in [1.29, 1.82) is 0 Å². The van der Waals surface area contributed by atoms with Crippen molar-refractivity contribution in [3.8, 4) is 5.75 Å². The topological polar surface area (TPSA) is 29.5 Å². The molecule has 1 aromatic carbocycles. The van der Waals surface area contributed by atoms with Crippen molar-refractivity contribution in [3.05, 3.63) is 29.6 Å². The van der Waals surface area contributed by atoms with Crippen molar-refractivity contribution >= 4 is 0 Å². The van der Waals surface area contributed by atoms with E-state index in [1.54, 1.807) is 6.07 Å². The van der Waals surface area contributed by atoms with E-state index in [0.717, 1.165) is 12.8 Å². The van der Waals surface area contributed by atoms with E-state index in [0.29, 0.717) is 23.7 Å². The first-order valence-corrected chi connectivity index (χ1v) is 6.26. The number of hydrogen-bond acceptors (Lipinski definition) is 2. The van der Waals surface area contributed by atoms with Crippen molar-refractivity contribution in [2.24, 2.45) is 5.92 Å². The zero-order valence-corrected chi connectivity index (χ0v) is 10.3. The van der Waals surface area contributed by atoms with Crippen molar-refractivity contribution in [2.75, 3.05) is 0 Å². The molecule has 0 aromatic heterocycles. The number of aliphatic hydroxyl groups excluding tert-OH is 1. The fourth-order valence-electron chi connectivity index (χ4n) is 2.43. The molecule has 0 saturated carbocycles. The molecule has 3 unspecified atom stereocenters. The van der Waals surface area contributed by atoms with E-state index in [2.05, 4.69) is 13.8 Å². The highest BCUT2D eigenvalue weighted by Gasteiger charge is 2.30. The molecule has 1 aliphatic heterocycles. The molecular formula is C14H19FO2. The molecule has 3 atom stereocenters. The van der Waals surface area contributed by atoms with Crippen LogP contribution in [0.4, 0.5) is 4.39 Å². The van der Waals surface area contributed by atoms with Gasteiger partial charge in [-0.25, -0.2) is 4.39 Å². The molecule has 94 valence electrons. The van der Waals surface area contributed by atoms with Crippen molar-refractivity contribution in [3.63, 3.8) is 0 Å². The third-order valence-electron chi connectivity index (χ3n) is 3.44. The van der Waals surface area contributed by atoms with E-state index in [1.165, 1.54) is 12.1 Å². The molecule has 17 heavy (non-hydrogen) atoms. The molecule has 1 aromatic rings. The van der Waals surface area contributed by atoms with Crippen LogP contribution in [0, 0.1) is 11.7 Å². The maximum Gasteiger partial charge on any atom is 0.125 e. The largest absolute Gasteiger partial charge is 0.490 e. The molecular weight excluding hydrogens is 219 g/mol. The second kappa shape index (κ2) is 5.05. The van der Waals surface area contributed by atoms with E-state index >= 15 is 0 Å². The highest BCUT2D eigenvalue weighted by Crippen LogP contribution is 2.37. The van der Waals surface area contributed by atoms with Crippen LogP contribution in [0.1, 0.15) is 44.8 Å². The number of aliphatic hydroxyl groups is 1. The Morgan fingerprint density at radius 2 is 2.29 bits per heavy atom. The Morgan fingerprint density at radius 1 is 1.53 bits per heavy atom. The Kier molecular flexibility index (Phi) is 3.67. The van der Waals surface area contributed by atoms with Crippen LogP contribution >= 0.6 is 0 Å². The zero-order chi connectivity index (χ0) is 12.4. The first-order chi connectivity index (χ1) is 8.11. The number of halogens is 1. The van der Waals surface area contributed by atoms with Gasteiger partial charge in [0.1, 0.15) is 17.7 Å². The summed E-state index contributed by atoms with van der Waals surface area (Å²) in [7, 11) is 0. The van der Waals surface area contributed by atoms with Crippen LogP contribution in [0.2, 0.25) is 0 Å². The van der Waals surface area contributed by atoms with Gasteiger partial charge in [-0.3, -0.25) is 0 Å². The van der Waals surface area contributed by atoms with Crippen molar-refractivity contribution < 1.29 is 14.2 Å². The Morgan fingerprint density at radius 3 is 3.00 bits per heavy atom. The van der Waals surface area contributed by atoms with Crippen LogP contribution in [-0.2, 0) is 0 Å². The predicted molar refractivity (Wildman–Crippen MR) is 64.5 cm³/mol. The minimum absolute atomic E-state index is 0.0305. The molecule has 0 spiro atoms. The van der Waals surface area contributed by atoms with Gasteiger partial charge in [-0.2, -0.15) is 0 Å². The van der Waals surface area contributed by atoms with Gasteiger partial charge in [0.25, 0.3) is 0 Å². The predicted octanol–water partition coefficient (Wildman–Crippen LogP) is 3.45. The van der Waals surface area contributed by atoms with E-state index in [9.17, 15) is 9.50 Å². The van der Waals surface area contributed by atoms with Crippen molar-refractivity contribution in [1.82, 2.24) is 0 Å². The monoisotopic (exact) mass is 238 g/mol. The fraction of sp³-hybridized carbons (Fsp3) is 0.571. The normalized spacial score (nSPS) is 24.9. The Balaban J connectivity index is 2.18.